The number of carbonyl (C=O) groups is 1. The van der Waals surface area contributed by atoms with Crippen LogP contribution in [0.25, 0.3) is 0 Å². The number of hydrogen-bond acceptors (Lipinski definition) is 1. The third kappa shape index (κ3) is 1.56. The van der Waals surface area contributed by atoms with E-state index in [0.29, 0.717) is 6.54 Å². The van der Waals surface area contributed by atoms with Gasteiger partial charge >= 0.3 is 0 Å². The molecule has 1 aliphatic rings. The first-order chi connectivity index (χ1) is 7.79. The van der Waals surface area contributed by atoms with Crippen molar-refractivity contribution in [1.82, 2.24) is 4.90 Å². The van der Waals surface area contributed by atoms with Crippen molar-refractivity contribution in [2.75, 3.05) is 6.54 Å². The van der Waals surface area contributed by atoms with Crippen LogP contribution in [0.4, 0.5) is 0 Å². The number of hydrogen-bond donors (Lipinski definition) is 0. The van der Waals surface area contributed by atoms with E-state index >= 15 is 0 Å². The second-order valence-electron chi connectivity index (χ2n) is 3.87. The molecule has 2 heteroatoms. The first-order valence-electron chi connectivity index (χ1n) is 5.41. The van der Waals surface area contributed by atoms with E-state index in [-0.39, 0.29) is 11.9 Å². The number of rotatable bonds is 4. The fraction of sp³-hybridized carbons (Fsp3) is 0.214. The summed E-state index contributed by atoms with van der Waals surface area (Å²) in [5.74, 6) is 0.0994. The molecule has 1 aromatic carbocycles. The van der Waals surface area contributed by atoms with Gasteiger partial charge in [0.1, 0.15) is 0 Å². The van der Waals surface area contributed by atoms with Crippen LogP contribution < -0.4 is 0 Å². The van der Waals surface area contributed by atoms with Crippen LogP contribution in [0, 0.1) is 0 Å². The highest BCUT2D eigenvalue weighted by molar-refractivity contribution is 5.99. The van der Waals surface area contributed by atoms with Gasteiger partial charge in [-0.3, -0.25) is 4.79 Å². The second kappa shape index (κ2) is 4.35. The molecule has 0 bridgehead atoms. The molecule has 0 aliphatic carbocycles. The lowest BCUT2D eigenvalue weighted by Gasteiger charge is -2.22. The van der Waals surface area contributed by atoms with E-state index in [9.17, 15) is 4.79 Å². The Morgan fingerprint density at radius 1 is 1.25 bits per heavy atom. The topological polar surface area (TPSA) is 20.3 Å². The summed E-state index contributed by atoms with van der Waals surface area (Å²) >= 11 is 0. The molecule has 1 heterocycles. The fourth-order valence-corrected chi connectivity index (χ4v) is 2.21. The van der Waals surface area contributed by atoms with E-state index in [1.54, 1.807) is 6.08 Å². The minimum atomic E-state index is 0.0994. The Morgan fingerprint density at radius 2 is 2.00 bits per heavy atom. The molecule has 0 spiro atoms. The van der Waals surface area contributed by atoms with E-state index in [0.717, 1.165) is 17.5 Å². The molecule has 82 valence electrons. The summed E-state index contributed by atoms with van der Waals surface area (Å²) in [6.07, 6.45) is 4.41. The van der Waals surface area contributed by atoms with Crippen molar-refractivity contribution < 1.29 is 4.79 Å². The molecular formula is C14H15NO. The molecule has 1 aliphatic heterocycles. The standard InChI is InChI=1S/C14H15NO/c1-3-7-13-11-8-5-6-9-12(11)14(16)15(13)10-4-2/h3-6,8-9,13H,1-2,7,10H2. The van der Waals surface area contributed by atoms with Gasteiger partial charge in [0, 0.05) is 12.1 Å². The highest BCUT2D eigenvalue weighted by Gasteiger charge is 2.34. The lowest BCUT2D eigenvalue weighted by Crippen LogP contribution is -2.27. The maximum atomic E-state index is 12.1. The van der Waals surface area contributed by atoms with Crippen molar-refractivity contribution in [3.8, 4) is 0 Å². The van der Waals surface area contributed by atoms with Crippen molar-refractivity contribution in [3.63, 3.8) is 0 Å². The normalized spacial score (nSPS) is 18.4. The minimum Gasteiger partial charge on any atom is -0.328 e. The molecule has 0 fully saturated rings. The largest absolute Gasteiger partial charge is 0.328 e. The third-order valence-corrected chi connectivity index (χ3v) is 2.90. The Balaban J connectivity index is 2.42. The molecule has 0 radical (unpaired) electrons. The molecule has 16 heavy (non-hydrogen) atoms. The predicted molar refractivity (Wildman–Crippen MR) is 65.2 cm³/mol. The summed E-state index contributed by atoms with van der Waals surface area (Å²) in [7, 11) is 0. The number of nitrogens with zero attached hydrogens (tertiary/aromatic N) is 1. The van der Waals surface area contributed by atoms with E-state index in [2.05, 4.69) is 13.2 Å². The third-order valence-electron chi connectivity index (χ3n) is 2.90. The molecule has 1 aromatic rings. The summed E-state index contributed by atoms with van der Waals surface area (Å²) in [5.41, 5.74) is 1.92. The van der Waals surface area contributed by atoms with Gasteiger partial charge in [0.15, 0.2) is 0 Å². The Kier molecular flexibility index (Phi) is 2.91. The maximum absolute atomic E-state index is 12.1. The summed E-state index contributed by atoms with van der Waals surface area (Å²) in [5, 5.41) is 0. The zero-order valence-corrected chi connectivity index (χ0v) is 9.23. The zero-order valence-electron chi connectivity index (χ0n) is 9.23. The fourth-order valence-electron chi connectivity index (χ4n) is 2.21. The SMILES string of the molecule is C=CCC1c2ccccc2C(=O)N1CC=C. The van der Waals surface area contributed by atoms with Crippen molar-refractivity contribution in [2.24, 2.45) is 0 Å². The maximum Gasteiger partial charge on any atom is 0.255 e. The van der Waals surface area contributed by atoms with E-state index in [4.69, 9.17) is 0 Å². The van der Waals surface area contributed by atoms with Crippen molar-refractivity contribution >= 4 is 5.91 Å². The first-order valence-corrected chi connectivity index (χ1v) is 5.41. The van der Waals surface area contributed by atoms with Gasteiger partial charge < -0.3 is 4.90 Å². The van der Waals surface area contributed by atoms with E-state index in [1.165, 1.54) is 0 Å². The van der Waals surface area contributed by atoms with Crippen LogP contribution in [-0.4, -0.2) is 17.4 Å². The molecule has 1 amide bonds. The van der Waals surface area contributed by atoms with E-state index < -0.39 is 0 Å². The zero-order chi connectivity index (χ0) is 11.5. The molecule has 0 aromatic heterocycles. The Labute approximate surface area is 95.9 Å². The summed E-state index contributed by atoms with van der Waals surface area (Å²) in [6, 6.07) is 7.90. The van der Waals surface area contributed by atoms with Crippen LogP contribution in [0.1, 0.15) is 28.4 Å². The Hall–Kier alpha value is -1.83. The molecule has 0 N–H and O–H groups in total. The molecule has 0 saturated carbocycles. The monoisotopic (exact) mass is 213 g/mol. The molecule has 0 saturated heterocycles. The first kappa shape index (κ1) is 10.7. The average molecular weight is 213 g/mol. The van der Waals surface area contributed by atoms with Gasteiger partial charge in [-0.2, -0.15) is 0 Å². The molecular weight excluding hydrogens is 198 g/mol. The van der Waals surface area contributed by atoms with Crippen LogP contribution in [0.15, 0.2) is 49.6 Å². The highest BCUT2D eigenvalue weighted by Crippen LogP contribution is 2.35. The predicted octanol–water partition coefficient (Wildman–Crippen LogP) is 2.95. The second-order valence-corrected chi connectivity index (χ2v) is 3.87. The summed E-state index contributed by atoms with van der Waals surface area (Å²) in [4.78, 5) is 14.0. The van der Waals surface area contributed by atoms with Gasteiger partial charge in [0.25, 0.3) is 5.91 Å². The van der Waals surface area contributed by atoms with Gasteiger partial charge in [0.05, 0.1) is 6.04 Å². The minimum absolute atomic E-state index is 0.0994. The molecule has 1 unspecified atom stereocenters. The van der Waals surface area contributed by atoms with Crippen LogP contribution in [0.5, 0.6) is 0 Å². The van der Waals surface area contributed by atoms with Crippen molar-refractivity contribution in [2.45, 2.75) is 12.5 Å². The lowest BCUT2D eigenvalue weighted by atomic mass is 10.0. The average Bonchev–Trinajstić information content (AvgIpc) is 2.57. The number of carbonyl (C=O) groups excluding carboxylic acids is 1. The Morgan fingerprint density at radius 3 is 2.69 bits per heavy atom. The van der Waals surface area contributed by atoms with Gasteiger partial charge in [0.2, 0.25) is 0 Å². The van der Waals surface area contributed by atoms with Crippen molar-refractivity contribution in [1.29, 1.82) is 0 Å². The molecule has 2 rings (SSSR count). The lowest BCUT2D eigenvalue weighted by molar-refractivity contribution is 0.0749. The number of fused-ring (bicyclic) bond motifs is 1. The van der Waals surface area contributed by atoms with E-state index in [1.807, 2.05) is 35.2 Å². The van der Waals surface area contributed by atoms with Gasteiger partial charge in [-0.05, 0) is 18.1 Å². The quantitative estimate of drug-likeness (QED) is 0.704. The van der Waals surface area contributed by atoms with Crippen LogP contribution in [0.2, 0.25) is 0 Å². The summed E-state index contributed by atoms with van der Waals surface area (Å²) < 4.78 is 0. The van der Waals surface area contributed by atoms with Crippen molar-refractivity contribution in [3.05, 3.63) is 60.7 Å². The highest BCUT2D eigenvalue weighted by atomic mass is 16.2. The smallest absolute Gasteiger partial charge is 0.255 e. The van der Waals surface area contributed by atoms with Gasteiger partial charge in [-0.1, -0.05) is 30.4 Å². The molecule has 2 nitrogen and oxygen atoms in total. The molecule has 1 atom stereocenters. The van der Waals surface area contributed by atoms with Crippen LogP contribution in [0.3, 0.4) is 0 Å². The van der Waals surface area contributed by atoms with Crippen LogP contribution >= 0.6 is 0 Å². The summed E-state index contributed by atoms with van der Waals surface area (Å²) in [6.45, 7) is 8.04. The van der Waals surface area contributed by atoms with Gasteiger partial charge in [-0.15, -0.1) is 13.2 Å². The number of benzene rings is 1. The van der Waals surface area contributed by atoms with Crippen LogP contribution in [-0.2, 0) is 0 Å². The Bertz CT molecular complexity index is 436. The number of amides is 1. The van der Waals surface area contributed by atoms with Gasteiger partial charge in [-0.25, -0.2) is 0 Å².